The second-order valence-corrected chi connectivity index (χ2v) is 4.02. The van der Waals surface area contributed by atoms with Gasteiger partial charge in [0, 0.05) is 25.4 Å². The zero-order valence-electron chi connectivity index (χ0n) is 10.9. The molecule has 0 fully saturated rings. The summed E-state index contributed by atoms with van der Waals surface area (Å²) < 4.78 is 5.15. The number of methoxy groups -OCH3 is 1. The average Bonchev–Trinajstić information content (AvgIpc) is 2.34. The van der Waals surface area contributed by atoms with Crippen LogP contribution in [-0.2, 0) is 0 Å². The number of benzene rings is 1. The minimum Gasteiger partial charge on any atom is -0.497 e. The van der Waals surface area contributed by atoms with Crippen molar-refractivity contribution in [2.75, 3.05) is 34.8 Å². The lowest BCUT2D eigenvalue weighted by molar-refractivity contribution is 0.414. The summed E-state index contributed by atoms with van der Waals surface area (Å²) in [5.41, 5.74) is 5.56. The van der Waals surface area contributed by atoms with Crippen molar-refractivity contribution in [1.29, 1.82) is 0 Å². The van der Waals surface area contributed by atoms with Gasteiger partial charge in [-0.1, -0.05) is 17.9 Å². The normalized spacial score (nSPS) is 9.71. The van der Waals surface area contributed by atoms with Crippen molar-refractivity contribution >= 4 is 5.57 Å². The Morgan fingerprint density at radius 3 is 2.47 bits per heavy atom. The molecule has 0 aliphatic heterocycles. The summed E-state index contributed by atoms with van der Waals surface area (Å²) in [4.78, 5) is 2.12. The number of rotatable bonds is 5. The Bertz CT molecular complexity index is 401. The fraction of sp³-hybridized carbons (Fsp3) is 0.357. The number of hydrogen-bond acceptors (Lipinski definition) is 3. The molecule has 1 N–H and O–H groups in total. The maximum Gasteiger partial charge on any atom is 0.118 e. The lowest BCUT2D eigenvalue weighted by Gasteiger charge is -2.12. The van der Waals surface area contributed by atoms with Crippen LogP contribution in [0, 0.1) is 0 Å². The van der Waals surface area contributed by atoms with Gasteiger partial charge >= 0.3 is 0 Å². The predicted octanol–water partition coefficient (Wildman–Crippen LogP) is 1.97. The highest BCUT2D eigenvalue weighted by Crippen LogP contribution is 2.18. The minimum atomic E-state index is 0.852. The van der Waals surface area contributed by atoms with E-state index in [4.69, 9.17) is 4.74 Å². The van der Waals surface area contributed by atoms with Crippen LogP contribution in [-0.4, -0.2) is 39.7 Å². The third kappa shape index (κ3) is 4.35. The number of nitrogens with one attached hydrogen (secondary N) is 1. The van der Waals surface area contributed by atoms with Crippen LogP contribution in [0.1, 0.15) is 5.56 Å². The van der Waals surface area contributed by atoms with E-state index in [1.54, 1.807) is 7.11 Å². The molecule has 0 aliphatic rings. The molecule has 0 spiro atoms. The second kappa shape index (κ2) is 6.79. The molecule has 0 aromatic heterocycles. The fourth-order valence-corrected chi connectivity index (χ4v) is 1.49. The number of likely N-dealkylation sites (N-methyl/N-ethyl adjacent to an activating group) is 1. The Morgan fingerprint density at radius 1 is 1.35 bits per heavy atom. The molecule has 0 amide bonds. The molecule has 0 atom stereocenters. The highest BCUT2D eigenvalue weighted by Gasteiger charge is 2.02. The van der Waals surface area contributed by atoms with Crippen molar-refractivity contribution in [2.45, 2.75) is 0 Å². The van der Waals surface area contributed by atoms with Crippen molar-refractivity contribution in [3.05, 3.63) is 41.8 Å². The first kappa shape index (κ1) is 13.4. The lowest BCUT2D eigenvalue weighted by atomic mass is 10.1. The van der Waals surface area contributed by atoms with Crippen LogP contribution in [0.5, 0.6) is 5.75 Å². The van der Waals surface area contributed by atoms with Crippen LogP contribution in [0.15, 0.2) is 36.2 Å². The van der Waals surface area contributed by atoms with E-state index in [1.807, 2.05) is 51.6 Å². The topological polar surface area (TPSA) is 24.5 Å². The van der Waals surface area contributed by atoms with E-state index >= 15 is 0 Å². The monoisotopic (exact) mass is 232 g/mol. The van der Waals surface area contributed by atoms with Gasteiger partial charge in [0.1, 0.15) is 5.75 Å². The van der Waals surface area contributed by atoms with E-state index in [0.29, 0.717) is 0 Å². The second-order valence-electron chi connectivity index (χ2n) is 4.02. The third-order valence-electron chi connectivity index (χ3n) is 2.30. The smallest absolute Gasteiger partial charge is 0.118 e. The molecule has 0 unspecified atom stereocenters. The molecule has 3 nitrogen and oxygen atoms in total. The SMILES string of the molecule is CNC=C=C(CN(C)C)c1ccc(OC)cc1. The first-order valence-corrected chi connectivity index (χ1v) is 5.58. The molecule has 0 aliphatic carbocycles. The van der Waals surface area contributed by atoms with Gasteiger partial charge < -0.3 is 15.0 Å². The van der Waals surface area contributed by atoms with Gasteiger partial charge in [0.15, 0.2) is 0 Å². The van der Waals surface area contributed by atoms with Crippen molar-refractivity contribution in [2.24, 2.45) is 0 Å². The van der Waals surface area contributed by atoms with Gasteiger partial charge in [-0.2, -0.15) is 0 Å². The summed E-state index contributed by atoms with van der Waals surface area (Å²) in [6.45, 7) is 0.852. The maximum atomic E-state index is 5.15. The maximum absolute atomic E-state index is 5.15. The molecule has 0 radical (unpaired) electrons. The van der Waals surface area contributed by atoms with Crippen LogP contribution < -0.4 is 10.1 Å². The zero-order valence-corrected chi connectivity index (χ0v) is 10.9. The lowest BCUT2D eigenvalue weighted by Crippen LogP contribution is -2.14. The van der Waals surface area contributed by atoms with E-state index in [-0.39, 0.29) is 0 Å². The van der Waals surface area contributed by atoms with E-state index in [9.17, 15) is 0 Å². The fourth-order valence-electron chi connectivity index (χ4n) is 1.49. The molecule has 0 heterocycles. The van der Waals surface area contributed by atoms with Crippen LogP contribution in [0.3, 0.4) is 0 Å². The van der Waals surface area contributed by atoms with Gasteiger partial charge in [0.25, 0.3) is 0 Å². The summed E-state index contributed by atoms with van der Waals surface area (Å²) in [5, 5.41) is 2.96. The van der Waals surface area contributed by atoms with Crippen molar-refractivity contribution in [3.8, 4) is 5.75 Å². The third-order valence-corrected chi connectivity index (χ3v) is 2.30. The molecule has 0 saturated heterocycles. The first-order valence-electron chi connectivity index (χ1n) is 5.58. The Kier molecular flexibility index (Phi) is 5.34. The molecule has 1 rings (SSSR count). The molecular weight excluding hydrogens is 212 g/mol. The van der Waals surface area contributed by atoms with Gasteiger partial charge in [0.05, 0.1) is 7.11 Å². The highest BCUT2D eigenvalue weighted by molar-refractivity contribution is 5.66. The molecule has 17 heavy (non-hydrogen) atoms. The van der Waals surface area contributed by atoms with Crippen LogP contribution >= 0.6 is 0 Å². The Morgan fingerprint density at radius 2 is 2.00 bits per heavy atom. The van der Waals surface area contributed by atoms with Crippen LogP contribution in [0.25, 0.3) is 5.57 Å². The highest BCUT2D eigenvalue weighted by atomic mass is 16.5. The minimum absolute atomic E-state index is 0.852. The number of ether oxygens (including phenoxy) is 1. The quantitative estimate of drug-likeness (QED) is 0.786. The average molecular weight is 232 g/mol. The van der Waals surface area contributed by atoms with Gasteiger partial charge in [-0.3, -0.25) is 0 Å². The molecule has 1 aromatic carbocycles. The summed E-state index contributed by atoms with van der Waals surface area (Å²) in [7, 11) is 7.63. The van der Waals surface area contributed by atoms with Crippen molar-refractivity contribution < 1.29 is 4.74 Å². The Balaban J connectivity index is 3.00. The molecule has 1 aromatic rings. The van der Waals surface area contributed by atoms with E-state index in [0.717, 1.165) is 23.4 Å². The number of hydrogen-bond donors (Lipinski definition) is 1. The molecule has 0 bridgehead atoms. The van der Waals surface area contributed by atoms with E-state index in [1.165, 1.54) is 0 Å². The Labute approximate surface area is 103 Å². The van der Waals surface area contributed by atoms with Crippen molar-refractivity contribution in [3.63, 3.8) is 0 Å². The summed E-state index contributed by atoms with van der Waals surface area (Å²) >= 11 is 0. The Hall–Kier alpha value is -1.70. The van der Waals surface area contributed by atoms with Gasteiger partial charge in [-0.05, 0) is 31.8 Å². The van der Waals surface area contributed by atoms with Crippen LogP contribution in [0.2, 0.25) is 0 Å². The molecule has 3 heteroatoms. The van der Waals surface area contributed by atoms with Gasteiger partial charge in [0.2, 0.25) is 0 Å². The zero-order chi connectivity index (χ0) is 12.7. The molecular formula is C14H20N2O. The van der Waals surface area contributed by atoms with E-state index in [2.05, 4.69) is 15.9 Å². The van der Waals surface area contributed by atoms with E-state index < -0.39 is 0 Å². The van der Waals surface area contributed by atoms with Gasteiger partial charge in [-0.25, -0.2) is 0 Å². The standard InChI is InChI=1S/C14H20N2O/c1-15-10-9-13(11-16(2)3)12-5-7-14(17-4)8-6-12/h5-8,10,15H,11H2,1-4H3. The largest absolute Gasteiger partial charge is 0.497 e. The van der Waals surface area contributed by atoms with Gasteiger partial charge in [-0.15, -0.1) is 0 Å². The first-order chi connectivity index (χ1) is 8.17. The molecule has 0 saturated carbocycles. The van der Waals surface area contributed by atoms with Crippen LogP contribution in [0.4, 0.5) is 0 Å². The molecule has 92 valence electrons. The summed E-state index contributed by atoms with van der Waals surface area (Å²) in [5.74, 6) is 0.871. The predicted molar refractivity (Wildman–Crippen MR) is 72.1 cm³/mol. The number of nitrogens with zero attached hydrogens (tertiary/aromatic N) is 1. The van der Waals surface area contributed by atoms with Crippen molar-refractivity contribution in [1.82, 2.24) is 10.2 Å². The summed E-state index contributed by atoms with van der Waals surface area (Å²) in [6, 6.07) is 8.03. The summed E-state index contributed by atoms with van der Waals surface area (Å²) in [6.07, 6.45) is 1.82.